The largest absolute Gasteiger partial charge is 0.491 e. The lowest BCUT2D eigenvalue weighted by Gasteiger charge is -2.27. The molecular weight excluding hydrogens is 283 g/mol. The first-order chi connectivity index (χ1) is 10.6. The van der Waals surface area contributed by atoms with E-state index in [0.29, 0.717) is 30.0 Å². The summed E-state index contributed by atoms with van der Waals surface area (Å²) in [6, 6.07) is 4.64. The monoisotopic (exact) mass is 306 g/mol. The van der Waals surface area contributed by atoms with Crippen molar-refractivity contribution in [3.63, 3.8) is 0 Å². The number of hydrogen-bond donors (Lipinski definition) is 2. The highest BCUT2D eigenvalue weighted by atomic mass is 19.1. The molecular formula is C17H23FN2O2. The van der Waals surface area contributed by atoms with Crippen molar-refractivity contribution >= 4 is 11.6 Å². The van der Waals surface area contributed by atoms with E-state index >= 15 is 0 Å². The Bertz CT molecular complexity index is 545. The smallest absolute Gasteiger partial charge is 0.227 e. The van der Waals surface area contributed by atoms with Gasteiger partial charge in [-0.15, -0.1) is 0 Å². The summed E-state index contributed by atoms with van der Waals surface area (Å²) in [7, 11) is 0. The molecule has 1 aliphatic heterocycles. The van der Waals surface area contributed by atoms with Crippen molar-refractivity contribution in [1.29, 1.82) is 0 Å². The number of carbonyl (C=O) groups is 1. The number of benzene rings is 1. The molecule has 2 aliphatic rings. The molecule has 120 valence electrons. The van der Waals surface area contributed by atoms with Gasteiger partial charge in [0, 0.05) is 18.0 Å². The number of piperidine rings is 1. The molecule has 1 heterocycles. The van der Waals surface area contributed by atoms with Gasteiger partial charge in [-0.3, -0.25) is 4.79 Å². The lowest BCUT2D eigenvalue weighted by atomic mass is 9.92. The SMILES string of the molecule is C[C@H]1C[C@@H](C(=O)Nc2ccc(F)cc2OCC2CC2)CCN1. The fraction of sp³-hybridized carbons (Fsp3) is 0.588. The first-order valence-corrected chi connectivity index (χ1v) is 8.08. The van der Waals surface area contributed by atoms with Gasteiger partial charge in [-0.2, -0.15) is 0 Å². The Kier molecular flexibility index (Phi) is 4.62. The molecule has 0 bridgehead atoms. The number of halogens is 1. The van der Waals surface area contributed by atoms with E-state index in [0.717, 1.165) is 19.4 Å². The number of ether oxygens (including phenoxy) is 1. The molecule has 0 radical (unpaired) electrons. The van der Waals surface area contributed by atoms with E-state index in [4.69, 9.17) is 4.74 Å². The molecule has 1 saturated heterocycles. The molecule has 1 saturated carbocycles. The van der Waals surface area contributed by atoms with E-state index in [9.17, 15) is 9.18 Å². The quantitative estimate of drug-likeness (QED) is 0.879. The minimum Gasteiger partial charge on any atom is -0.491 e. The van der Waals surface area contributed by atoms with Crippen molar-refractivity contribution in [3.05, 3.63) is 24.0 Å². The van der Waals surface area contributed by atoms with Crippen LogP contribution in [0.2, 0.25) is 0 Å². The average molecular weight is 306 g/mol. The fourth-order valence-electron chi connectivity index (χ4n) is 2.82. The molecule has 0 aromatic heterocycles. The van der Waals surface area contributed by atoms with Gasteiger partial charge < -0.3 is 15.4 Å². The zero-order valence-corrected chi connectivity index (χ0v) is 12.9. The summed E-state index contributed by atoms with van der Waals surface area (Å²) in [5.74, 6) is 0.660. The predicted molar refractivity (Wildman–Crippen MR) is 83.4 cm³/mol. The van der Waals surface area contributed by atoms with Gasteiger partial charge >= 0.3 is 0 Å². The van der Waals surface area contributed by atoms with Crippen molar-refractivity contribution in [3.8, 4) is 5.75 Å². The third-order valence-electron chi connectivity index (χ3n) is 4.37. The average Bonchev–Trinajstić information content (AvgIpc) is 3.31. The lowest BCUT2D eigenvalue weighted by molar-refractivity contribution is -0.120. The molecule has 1 aliphatic carbocycles. The van der Waals surface area contributed by atoms with Crippen molar-refractivity contribution in [2.75, 3.05) is 18.5 Å². The van der Waals surface area contributed by atoms with Crippen LogP contribution in [0.4, 0.5) is 10.1 Å². The van der Waals surface area contributed by atoms with Gasteiger partial charge in [0.1, 0.15) is 11.6 Å². The van der Waals surface area contributed by atoms with Gasteiger partial charge in [0.15, 0.2) is 0 Å². The van der Waals surface area contributed by atoms with Gasteiger partial charge in [0.25, 0.3) is 0 Å². The Balaban J connectivity index is 1.66. The highest BCUT2D eigenvalue weighted by Crippen LogP contribution is 2.32. The topological polar surface area (TPSA) is 50.4 Å². The molecule has 1 aromatic rings. The van der Waals surface area contributed by atoms with Crippen LogP contribution in [0.1, 0.15) is 32.6 Å². The Morgan fingerprint density at radius 3 is 2.95 bits per heavy atom. The molecule has 1 aromatic carbocycles. The van der Waals surface area contributed by atoms with Crippen molar-refractivity contribution in [2.24, 2.45) is 11.8 Å². The van der Waals surface area contributed by atoms with E-state index in [1.54, 1.807) is 6.07 Å². The molecule has 2 N–H and O–H groups in total. The maximum absolute atomic E-state index is 13.4. The van der Waals surface area contributed by atoms with Gasteiger partial charge in [-0.05, 0) is 57.2 Å². The van der Waals surface area contributed by atoms with Crippen LogP contribution in [-0.4, -0.2) is 25.1 Å². The number of hydrogen-bond acceptors (Lipinski definition) is 3. The number of amides is 1. The summed E-state index contributed by atoms with van der Waals surface area (Å²) in [4.78, 5) is 12.4. The van der Waals surface area contributed by atoms with Crippen molar-refractivity contribution < 1.29 is 13.9 Å². The summed E-state index contributed by atoms with van der Waals surface area (Å²) >= 11 is 0. The minimum atomic E-state index is -0.348. The van der Waals surface area contributed by atoms with Crippen LogP contribution >= 0.6 is 0 Å². The van der Waals surface area contributed by atoms with Crippen LogP contribution in [-0.2, 0) is 4.79 Å². The standard InChI is InChI=1S/C17H23FN2O2/c1-11-8-13(6-7-19-11)17(21)20-15-5-4-14(18)9-16(15)22-10-12-2-3-12/h4-5,9,11-13,19H,2-3,6-8,10H2,1H3,(H,20,21)/t11-,13-/m0/s1. The first-order valence-electron chi connectivity index (χ1n) is 8.08. The molecule has 2 atom stereocenters. The number of carbonyl (C=O) groups excluding carboxylic acids is 1. The van der Waals surface area contributed by atoms with E-state index in [1.165, 1.54) is 25.0 Å². The number of anilines is 1. The highest BCUT2D eigenvalue weighted by molar-refractivity contribution is 5.94. The van der Waals surface area contributed by atoms with Crippen LogP contribution in [0.25, 0.3) is 0 Å². The maximum atomic E-state index is 13.4. The Morgan fingerprint density at radius 2 is 2.23 bits per heavy atom. The normalized spacial score (nSPS) is 24.8. The lowest BCUT2D eigenvalue weighted by Crippen LogP contribution is -2.40. The van der Waals surface area contributed by atoms with Crippen LogP contribution in [0.5, 0.6) is 5.75 Å². The Labute approximate surface area is 130 Å². The van der Waals surface area contributed by atoms with Crippen LogP contribution < -0.4 is 15.4 Å². The van der Waals surface area contributed by atoms with Gasteiger partial charge in [-0.1, -0.05) is 0 Å². The molecule has 5 heteroatoms. The summed E-state index contributed by atoms with van der Waals surface area (Å²) in [6.45, 7) is 3.53. The van der Waals surface area contributed by atoms with Gasteiger partial charge in [-0.25, -0.2) is 4.39 Å². The van der Waals surface area contributed by atoms with E-state index in [2.05, 4.69) is 17.6 Å². The molecule has 1 amide bonds. The molecule has 0 spiro atoms. The van der Waals surface area contributed by atoms with Crippen molar-refractivity contribution in [1.82, 2.24) is 5.32 Å². The highest BCUT2D eigenvalue weighted by Gasteiger charge is 2.26. The first kappa shape index (κ1) is 15.3. The van der Waals surface area contributed by atoms with Crippen molar-refractivity contribution in [2.45, 2.75) is 38.6 Å². The maximum Gasteiger partial charge on any atom is 0.227 e. The third-order valence-corrected chi connectivity index (χ3v) is 4.37. The molecule has 22 heavy (non-hydrogen) atoms. The zero-order valence-electron chi connectivity index (χ0n) is 12.9. The summed E-state index contributed by atoms with van der Waals surface area (Å²) < 4.78 is 19.1. The number of rotatable bonds is 5. The Hall–Kier alpha value is -1.62. The van der Waals surface area contributed by atoms with E-state index in [1.807, 2.05) is 0 Å². The van der Waals surface area contributed by atoms with E-state index in [-0.39, 0.29) is 17.6 Å². The molecule has 4 nitrogen and oxygen atoms in total. The van der Waals surface area contributed by atoms with Crippen LogP contribution in [0, 0.1) is 17.7 Å². The van der Waals surface area contributed by atoms with Gasteiger partial charge in [0.2, 0.25) is 5.91 Å². The summed E-state index contributed by atoms with van der Waals surface area (Å²) in [5, 5.41) is 6.25. The summed E-state index contributed by atoms with van der Waals surface area (Å²) in [6.07, 6.45) is 3.99. The van der Waals surface area contributed by atoms with Gasteiger partial charge in [0.05, 0.1) is 12.3 Å². The Morgan fingerprint density at radius 1 is 1.41 bits per heavy atom. The minimum absolute atomic E-state index is 0.00224. The fourth-order valence-corrected chi connectivity index (χ4v) is 2.82. The third kappa shape index (κ3) is 3.97. The van der Waals surface area contributed by atoms with Crippen LogP contribution in [0.3, 0.4) is 0 Å². The second kappa shape index (κ2) is 6.65. The zero-order chi connectivity index (χ0) is 15.5. The van der Waals surface area contributed by atoms with Crippen LogP contribution in [0.15, 0.2) is 18.2 Å². The molecule has 0 unspecified atom stereocenters. The molecule has 2 fully saturated rings. The summed E-state index contributed by atoms with van der Waals surface area (Å²) in [5.41, 5.74) is 0.568. The predicted octanol–water partition coefficient (Wildman–Crippen LogP) is 2.94. The van der Waals surface area contributed by atoms with E-state index < -0.39 is 0 Å². The second-order valence-electron chi connectivity index (χ2n) is 6.46. The number of nitrogens with one attached hydrogen (secondary N) is 2. The second-order valence-corrected chi connectivity index (χ2v) is 6.46. The molecule has 3 rings (SSSR count).